The lowest BCUT2D eigenvalue weighted by Crippen LogP contribution is -2.66. The summed E-state index contributed by atoms with van der Waals surface area (Å²) in [6, 6.07) is -0.152. The molecule has 1 saturated heterocycles. The number of ether oxygens (including phenoxy) is 2. The number of methoxy groups -OCH3 is 1. The summed E-state index contributed by atoms with van der Waals surface area (Å²) in [5.74, 6) is -1.00. The van der Waals surface area contributed by atoms with Crippen molar-refractivity contribution in [2.75, 3.05) is 33.4 Å². The van der Waals surface area contributed by atoms with Crippen molar-refractivity contribution in [1.29, 1.82) is 0 Å². The number of urea groups is 1. The molecular formula is C13H24N2O5. The molecule has 1 atom stereocenters. The van der Waals surface area contributed by atoms with Gasteiger partial charge in [0, 0.05) is 7.11 Å². The molecule has 1 fully saturated rings. The molecule has 0 spiro atoms. The number of aliphatic carboxylic acids is 1. The Hall–Kier alpha value is -1.34. The van der Waals surface area contributed by atoms with Crippen LogP contribution < -0.4 is 5.32 Å². The van der Waals surface area contributed by atoms with Crippen LogP contribution in [0.15, 0.2) is 0 Å². The van der Waals surface area contributed by atoms with E-state index in [9.17, 15) is 9.59 Å². The first-order valence-corrected chi connectivity index (χ1v) is 6.80. The molecule has 1 heterocycles. The van der Waals surface area contributed by atoms with Gasteiger partial charge in [0.2, 0.25) is 0 Å². The molecule has 0 radical (unpaired) electrons. The lowest BCUT2D eigenvalue weighted by atomic mass is 9.97. The molecule has 0 saturated carbocycles. The minimum Gasteiger partial charge on any atom is -0.480 e. The topological polar surface area (TPSA) is 88.1 Å². The second-order valence-corrected chi connectivity index (χ2v) is 5.38. The highest BCUT2D eigenvalue weighted by Crippen LogP contribution is 2.24. The number of carboxylic acid groups (broad SMARTS) is 1. The zero-order chi connectivity index (χ0) is 15.2. The van der Waals surface area contributed by atoms with Gasteiger partial charge in [0.1, 0.15) is 12.2 Å². The highest BCUT2D eigenvalue weighted by Gasteiger charge is 2.43. The minimum absolute atomic E-state index is 0.00398. The molecule has 7 nitrogen and oxygen atoms in total. The fraction of sp³-hybridized carbons (Fsp3) is 0.846. The second-order valence-electron chi connectivity index (χ2n) is 5.38. The average Bonchev–Trinajstić information content (AvgIpc) is 2.33. The maximum Gasteiger partial charge on any atom is 0.329 e. The Bertz CT molecular complexity index is 336. The predicted molar refractivity (Wildman–Crippen MR) is 72.7 cm³/mol. The summed E-state index contributed by atoms with van der Waals surface area (Å²) >= 11 is 0. The van der Waals surface area contributed by atoms with Gasteiger partial charge in [0.15, 0.2) is 0 Å². The first-order chi connectivity index (χ1) is 9.40. The molecule has 2 N–H and O–H groups in total. The number of carbonyl (C=O) groups is 2. The van der Waals surface area contributed by atoms with Gasteiger partial charge < -0.3 is 24.8 Å². The Morgan fingerprint density at radius 3 is 2.60 bits per heavy atom. The highest BCUT2D eigenvalue weighted by atomic mass is 16.5. The molecule has 1 aliphatic rings. The van der Waals surface area contributed by atoms with Crippen LogP contribution in [-0.4, -0.2) is 67.1 Å². The van der Waals surface area contributed by atoms with Gasteiger partial charge in [-0.1, -0.05) is 13.3 Å². The van der Waals surface area contributed by atoms with E-state index in [2.05, 4.69) is 12.2 Å². The third-order valence-electron chi connectivity index (χ3n) is 3.21. The smallest absolute Gasteiger partial charge is 0.329 e. The minimum atomic E-state index is -1.00. The molecule has 2 amide bonds. The number of rotatable bonds is 8. The third kappa shape index (κ3) is 4.97. The van der Waals surface area contributed by atoms with Crippen molar-refractivity contribution < 1.29 is 24.2 Å². The van der Waals surface area contributed by atoms with Crippen LogP contribution in [0.4, 0.5) is 4.79 Å². The Labute approximate surface area is 119 Å². The number of amides is 2. The predicted octanol–water partition coefficient (Wildman–Crippen LogP) is 0.687. The quantitative estimate of drug-likeness (QED) is 0.686. The van der Waals surface area contributed by atoms with Crippen molar-refractivity contribution in [1.82, 2.24) is 10.2 Å². The van der Waals surface area contributed by atoms with Crippen LogP contribution in [0.1, 0.15) is 26.7 Å². The summed E-state index contributed by atoms with van der Waals surface area (Å²) in [5.41, 5.74) is -0.558. The van der Waals surface area contributed by atoms with E-state index in [1.165, 1.54) is 0 Å². The van der Waals surface area contributed by atoms with Crippen LogP contribution in [0.3, 0.4) is 0 Å². The van der Waals surface area contributed by atoms with E-state index >= 15 is 0 Å². The molecule has 0 aromatic carbocycles. The van der Waals surface area contributed by atoms with Crippen LogP contribution in [0, 0.1) is 0 Å². The number of carbonyl (C=O) groups excluding carboxylic acids is 1. The highest BCUT2D eigenvalue weighted by molar-refractivity contribution is 5.76. The zero-order valence-corrected chi connectivity index (χ0v) is 12.3. The summed E-state index contributed by atoms with van der Waals surface area (Å²) in [4.78, 5) is 24.1. The number of hydrogen-bond donors (Lipinski definition) is 2. The van der Waals surface area contributed by atoms with Gasteiger partial charge in [-0.25, -0.2) is 9.59 Å². The van der Waals surface area contributed by atoms with E-state index in [1.807, 2.05) is 0 Å². The van der Waals surface area contributed by atoms with Crippen molar-refractivity contribution in [3.05, 3.63) is 0 Å². The van der Waals surface area contributed by atoms with Gasteiger partial charge >= 0.3 is 12.0 Å². The van der Waals surface area contributed by atoms with Crippen LogP contribution >= 0.6 is 0 Å². The molecule has 20 heavy (non-hydrogen) atoms. The molecule has 116 valence electrons. The molecule has 0 aliphatic carbocycles. The standard InChI is InChI=1S/C13H24N2O5/c1-4-5-10(6-19-3)14-12(18)15-8-13(2,9-15)20-7-11(16)17/h10H,4-9H2,1-3H3,(H,14,18)(H,16,17). The zero-order valence-electron chi connectivity index (χ0n) is 12.3. The Kier molecular flexibility index (Phi) is 6.22. The van der Waals surface area contributed by atoms with E-state index < -0.39 is 11.6 Å². The van der Waals surface area contributed by atoms with Gasteiger partial charge in [0.25, 0.3) is 0 Å². The molecule has 0 aromatic rings. The monoisotopic (exact) mass is 288 g/mol. The fourth-order valence-corrected chi connectivity index (χ4v) is 2.24. The normalized spacial score (nSPS) is 18.2. The van der Waals surface area contributed by atoms with E-state index in [-0.39, 0.29) is 18.7 Å². The Morgan fingerprint density at radius 1 is 1.45 bits per heavy atom. The lowest BCUT2D eigenvalue weighted by Gasteiger charge is -2.47. The maximum absolute atomic E-state index is 12.0. The van der Waals surface area contributed by atoms with Gasteiger partial charge in [-0.3, -0.25) is 0 Å². The SMILES string of the molecule is CCCC(COC)NC(=O)N1CC(C)(OCC(=O)O)C1. The largest absolute Gasteiger partial charge is 0.480 e. The number of nitrogens with one attached hydrogen (secondary N) is 1. The number of likely N-dealkylation sites (tertiary alicyclic amines) is 1. The van der Waals surface area contributed by atoms with Crippen molar-refractivity contribution in [2.45, 2.75) is 38.3 Å². The van der Waals surface area contributed by atoms with Gasteiger partial charge in [-0.15, -0.1) is 0 Å². The number of carboxylic acids is 1. The summed E-state index contributed by atoms with van der Waals surface area (Å²) in [5, 5.41) is 11.5. The van der Waals surface area contributed by atoms with Crippen molar-refractivity contribution in [3.8, 4) is 0 Å². The van der Waals surface area contributed by atoms with Crippen molar-refractivity contribution >= 4 is 12.0 Å². The summed E-state index contributed by atoms with van der Waals surface area (Å²) < 4.78 is 10.3. The van der Waals surface area contributed by atoms with E-state index in [1.54, 1.807) is 18.9 Å². The van der Waals surface area contributed by atoms with Crippen LogP contribution in [0.2, 0.25) is 0 Å². The third-order valence-corrected chi connectivity index (χ3v) is 3.21. The molecule has 7 heteroatoms. The molecule has 0 bridgehead atoms. The average molecular weight is 288 g/mol. The Morgan fingerprint density at radius 2 is 2.10 bits per heavy atom. The van der Waals surface area contributed by atoms with Crippen molar-refractivity contribution in [3.63, 3.8) is 0 Å². The van der Waals surface area contributed by atoms with Gasteiger partial charge in [0.05, 0.1) is 25.7 Å². The summed E-state index contributed by atoms with van der Waals surface area (Å²) in [6.07, 6.45) is 1.83. The van der Waals surface area contributed by atoms with Gasteiger partial charge in [-0.2, -0.15) is 0 Å². The maximum atomic E-state index is 12.0. The van der Waals surface area contributed by atoms with E-state index in [0.717, 1.165) is 12.8 Å². The fourth-order valence-electron chi connectivity index (χ4n) is 2.24. The number of hydrogen-bond acceptors (Lipinski definition) is 4. The summed E-state index contributed by atoms with van der Waals surface area (Å²) in [6.45, 7) is 4.80. The molecule has 0 aromatic heterocycles. The van der Waals surface area contributed by atoms with Crippen LogP contribution in [-0.2, 0) is 14.3 Å². The molecular weight excluding hydrogens is 264 g/mol. The molecule has 1 unspecified atom stereocenters. The molecule has 1 aliphatic heterocycles. The summed E-state index contributed by atoms with van der Waals surface area (Å²) in [7, 11) is 1.61. The van der Waals surface area contributed by atoms with E-state index in [0.29, 0.717) is 19.7 Å². The first kappa shape index (κ1) is 16.7. The van der Waals surface area contributed by atoms with Gasteiger partial charge in [-0.05, 0) is 13.3 Å². The van der Waals surface area contributed by atoms with E-state index in [4.69, 9.17) is 14.6 Å². The van der Waals surface area contributed by atoms with Crippen molar-refractivity contribution in [2.24, 2.45) is 0 Å². The lowest BCUT2D eigenvalue weighted by molar-refractivity contribution is -0.159. The van der Waals surface area contributed by atoms with Crippen LogP contribution in [0.25, 0.3) is 0 Å². The first-order valence-electron chi connectivity index (χ1n) is 6.80. The number of nitrogens with zero attached hydrogens (tertiary/aromatic N) is 1. The second kappa shape index (κ2) is 7.44. The van der Waals surface area contributed by atoms with Crippen LogP contribution in [0.5, 0.6) is 0 Å². The Balaban J connectivity index is 2.34. The molecule has 1 rings (SSSR count).